The predicted octanol–water partition coefficient (Wildman–Crippen LogP) is 4.89. The molecular weight excluding hydrogens is 316 g/mol. The molecule has 20 heavy (non-hydrogen) atoms. The quantitative estimate of drug-likeness (QED) is 0.741. The second kappa shape index (κ2) is 5.65. The molecular formula is C17H13BrO2. The van der Waals surface area contributed by atoms with Crippen LogP contribution in [0, 0.1) is 0 Å². The van der Waals surface area contributed by atoms with E-state index in [-0.39, 0.29) is 6.61 Å². The van der Waals surface area contributed by atoms with Crippen molar-refractivity contribution in [1.29, 1.82) is 0 Å². The summed E-state index contributed by atoms with van der Waals surface area (Å²) in [5, 5.41) is 11.4. The molecule has 0 spiro atoms. The molecule has 0 aliphatic rings. The second-order valence-electron chi connectivity index (χ2n) is 4.53. The van der Waals surface area contributed by atoms with Crippen LogP contribution in [0.5, 0.6) is 11.5 Å². The minimum absolute atomic E-state index is 0.0227. The smallest absolute Gasteiger partial charge is 0.141 e. The average Bonchev–Trinajstić information content (AvgIpc) is 2.49. The third-order valence-electron chi connectivity index (χ3n) is 3.13. The number of aliphatic hydroxyl groups excluding tert-OH is 1. The summed E-state index contributed by atoms with van der Waals surface area (Å²) in [4.78, 5) is 0. The molecule has 0 fully saturated rings. The zero-order valence-corrected chi connectivity index (χ0v) is 12.3. The van der Waals surface area contributed by atoms with Crippen molar-refractivity contribution in [3.63, 3.8) is 0 Å². The minimum Gasteiger partial charge on any atom is -0.456 e. The molecule has 0 heterocycles. The van der Waals surface area contributed by atoms with Gasteiger partial charge in [0.05, 0.1) is 11.1 Å². The topological polar surface area (TPSA) is 29.5 Å². The van der Waals surface area contributed by atoms with Crippen LogP contribution in [0.1, 0.15) is 5.56 Å². The number of aliphatic hydroxyl groups is 1. The fourth-order valence-corrected chi connectivity index (χ4v) is 2.59. The molecule has 100 valence electrons. The number of hydrogen-bond donors (Lipinski definition) is 1. The molecule has 3 aromatic rings. The van der Waals surface area contributed by atoms with Crippen molar-refractivity contribution in [3.05, 3.63) is 70.7 Å². The highest BCUT2D eigenvalue weighted by Gasteiger charge is 2.04. The molecule has 0 atom stereocenters. The van der Waals surface area contributed by atoms with Crippen LogP contribution >= 0.6 is 15.9 Å². The first kappa shape index (κ1) is 13.2. The molecule has 0 radical (unpaired) electrons. The maximum Gasteiger partial charge on any atom is 0.141 e. The summed E-state index contributed by atoms with van der Waals surface area (Å²) >= 11 is 3.46. The molecule has 0 aliphatic heterocycles. The predicted molar refractivity (Wildman–Crippen MR) is 84.1 cm³/mol. The Labute approximate surface area is 125 Å². The van der Waals surface area contributed by atoms with Gasteiger partial charge in [-0.15, -0.1) is 0 Å². The van der Waals surface area contributed by atoms with Crippen molar-refractivity contribution in [1.82, 2.24) is 0 Å². The molecule has 2 nitrogen and oxygen atoms in total. The Bertz CT molecular complexity index is 753. The number of hydrogen-bond acceptors (Lipinski definition) is 2. The minimum atomic E-state index is 0.0227. The Balaban J connectivity index is 1.92. The van der Waals surface area contributed by atoms with Gasteiger partial charge in [-0.25, -0.2) is 0 Å². The van der Waals surface area contributed by atoms with Crippen LogP contribution in [0.25, 0.3) is 10.8 Å². The Morgan fingerprint density at radius 1 is 0.900 bits per heavy atom. The summed E-state index contributed by atoms with van der Waals surface area (Å²) in [5.41, 5.74) is 0.850. The highest BCUT2D eigenvalue weighted by atomic mass is 79.9. The van der Waals surface area contributed by atoms with Crippen molar-refractivity contribution >= 4 is 26.7 Å². The molecule has 3 rings (SSSR count). The molecule has 3 aromatic carbocycles. The highest BCUT2D eigenvalue weighted by Crippen LogP contribution is 2.31. The van der Waals surface area contributed by atoms with Gasteiger partial charge >= 0.3 is 0 Å². The third kappa shape index (κ3) is 2.69. The molecule has 1 N–H and O–H groups in total. The van der Waals surface area contributed by atoms with Crippen LogP contribution in [-0.2, 0) is 6.61 Å². The maximum absolute atomic E-state index is 9.10. The Morgan fingerprint density at radius 3 is 2.45 bits per heavy atom. The van der Waals surface area contributed by atoms with Gasteiger partial charge in [-0.2, -0.15) is 0 Å². The number of ether oxygens (including phenoxy) is 1. The van der Waals surface area contributed by atoms with Crippen molar-refractivity contribution in [2.75, 3.05) is 0 Å². The largest absolute Gasteiger partial charge is 0.456 e. The van der Waals surface area contributed by atoms with Gasteiger partial charge in [0.2, 0.25) is 0 Å². The van der Waals surface area contributed by atoms with Crippen LogP contribution in [0.3, 0.4) is 0 Å². The van der Waals surface area contributed by atoms with E-state index in [1.165, 1.54) is 5.39 Å². The Morgan fingerprint density at radius 2 is 1.70 bits per heavy atom. The summed E-state index contributed by atoms with van der Waals surface area (Å²) in [6.07, 6.45) is 0. The first-order valence-electron chi connectivity index (χ1n) is 6.32. The second-order valence-corrected chi connectivity index (χ2v) is 5.39. The first-order valence-corrected chi connectivity index (χ1v) is 7.11. The molecule has 0 unspecified atom stereocenters. The number of rotatable bonds is 3. The van der Waals surface area contributed by atoms with E-state index in [4.69, 9.17) is 9.84 Å². The standard InChI is InChI=1S/C17H13BrO2/c18-16-9-12(11-19)5-8-17(16)20-15-7-6-13-3-1-2-4-14(13)10-15/h1-10,19H,11H2. The Hall–Kier alpha value is -1.84. The lowest BCUT2D eigenvalue weighted by Gasteiger charge is -2.09. The van der Waals surface area contributed by atoms with Gasteiger partial charge in [-0.3, -0.25) is 0 Å². The summed E-state index contributed by atoms with van der Waals surface area (Å²) in [7, 11) is 0. The van der Waals surface area contributed by atoms with E-state index in [0.29, 0.717) is 0 Å². The van der Waals surface area contributed by atoms with E-state index in [1.54, 1.807) is 0 Å². The van der Waals surface area contributed by atoms with Crippen molar-refractivity contribution in [2.24, 2.45) is 0 Å². The molecule has 0 aromatic heterocycles. The molecule has 3 heteroatoms. The molecule has 0 aliphatic carbocycles. The monoisotopic (exact) mass is 328 g/mol. The summed E-state index contributed by atoms with van der Waals surface area (Å²) < 4.78 is 6.72. The zero-order chi connectivity index (χ0) is 13.9. The molecule has 0 saturated carbocycles. The maximum atomic E-state index is 9.10. The van der Waals surface area contributed by atoms with Crippen molar-refractivity contribution in [2.45, 2.75) is 6.61 Å². The Kier molecular flexibility index (Phi) is 3.72. The molecule has 0 saturated heterocycles. The zero-order valence-electron chi connectivity index (χ0n) is 10.7. The number of benzene rings is 3. The SMILES string of the molecule is OCc1ccc(Oc2ccc3ccccc3c2)c(Br)c1. The summed E-state index contributed by atoms with van der Waals surface area (Å²) in [6.45, 7) is 0.0227. The third-order valence-corrected chi connectivity index (χ3v) is 3.75. The fourth-order valence-electron chi connectivity index (χ4n) is 2.08. The lowest BCUT2D eigenvalue weighted by Crippen LogP contribution is -1.88. The van der Waals surface area contributed by atoms with Crippen molar-refractivity contribution < 1.29 is 9.84 Å². The van der Waals surface area contributed by atoms with E-state index < -0.39 is 0 Å². The van der Waals surface area contributed by atoms with Crippen LogP contribution in [0.2, 0.25) is 0 Å². The summed E-state index contributed by atoms with van der Waals surface area (Å²) in [5.74, 6) is 1.53. The lowest BCUT2D eigenvalue weighted by molar-refractivity contribution is 0.281. The molecule has 0 amide bonds. The molecule has 0 bridgehead atoms. The van der Waals surface area contributed by atoms with Gasteiger partial charge in [0.15, 0.2) is 0 Å². The van der Waals surface area contributed by atoms with Crippen LogP contribution in [-0.4, -0.2) is 5.11 Å². The van der Waals surface area contributed by atoms with Crippen molar-refractivity contribution in [3.8, 4) is 11.5 Å². The summed E-state index contributed by atoms with van der Waals surface area (Å²) in [6, 6.07) is 19.7. The van der Waals surface area contributed by atoms with Gasteiger partial charge in [-0.1, -0.05) is 36.4 Å². The van der Waals surface area contributed by atoms with Gasteiger partial charge in [0.25, 0.3) is 0 Å². The highest BCUT2D eigenvalue weighted by molar-refractivity contribution is 9.10. The average molecular weight is 329 g/mol. The van der Waals surface area contributed by atoms with Gasteiger partial charge < -0.3 is 9.84 Å². The van der Waals surface area contributed by atoms with E-state index >= 15 is 0 Å². The normalized spacial score (nSPS) is 10.7. The number of fused-ring (bicyclic) bond motifs is 1. The van der Waals surface area contributed by atoms with Crippen LogP contribution < -0.4 is 4.74 Å². The van der Waals surface area contributed by atoms with Crippen LogP contribution in [0.15, 0.2) is 65.1 Å². The van der Waals surface area contributed by atoms with E-state index in [2.05, 4.69) is 28.1 Å². The van der Waals surface area contributed by atoms with E-state index in [0.717, 1.165) is 26.9 Å². The number of halogens is 1. The van der Waals surface area contributed by atoms with E-state index in [9.17, 15) is 0 Å². The van der Waals surface area contributed by atoms with E-state index in [1.807, 2.05) is 48.5 Å². The van der Waals surface area contributed by atoms with Gasteiger partial charge in [-0.05, 0) is 56.5 Å². The van der Waals surface area contributed by atoms with Gasteiger partial charge in [0.1, 0.15) is 11.5 Å². The van der Waals surface area contributed by atoms with Gasteiger partial charge in [0, 0.05) is 0 Å². The van der Waals surface area contributed by atoms with Crippen LogP contribution in [0.4, 0.5) is 0 Å². The first-order chi connectivity index (χ1) is 9.76. The fraction of sp³-hybridized carbons (Fsp3) is 0.0588. The lowest BCUT2D eigenvalue weighted by atomic mass is 10.1.